The number of carbonyl (C=O) groups is 2. The van der Waals surface area contributed by atoms with Crippen LogP contribution in [0, 0.1) is 11.8 Å². The van der Waals surface area contributed by atoms with E-state index in [0.717, 1.165) is 44.7 Å². The van der Waals surface area contributed by atoms with Gasteiger partial charge in [-0.05, 0) is 62.6 Å². The Balaban J connectivity index is 1.53. The van der Waals surface area contributed by atoms with Crippen LogP contribution in [0.15, 0.2) is 18.2 Å². The summed E-state index contributed by atoms with van der Waals surface area (Å²) < 4.78 is 12.1. The van der Waals surface area contributed by atoms with Gasteiger partial charge in [-0.25, -0.2) is 4.79 Å². The van der Waals surface area contributed by atoms with Gasteiger partial charge in [0.1, 0.15) is 12.4 Å². The van der Waals surface area contributed by atoms with Crippen molar-refractivity contribution in [1.82, 2.24) is 15.1 Å². The van der Waals surface area contributed by atoms with Gasteiger partial charge in [0.25, 0.3) is 5.91 Å². The molecule has 2 aliphatic carbocycles. The van der Waals surface area contributed by atoms with Crippen molar-refractivity contribution in [3.63, 3.8) is 0 Å². The summed E-state index contributed by atoms with van der Waals surface area (Å²) in [6.45, 7) is 7.37. The Morgan fingerprint density at radius 2 is 1.86 bits per heavy atom. The van der Waals surface area contributed by atoms with Crippen molar-refractivity contribution in [2.75, 3.05) is 45.7 Å². The maximum Gasteiger partial charge on any atom is 0.319 e. The smallest absolute Gasteiger partial charge is 0.319 e. The maximum absolute atomic E-state index is 13.5. The van der Waals surface area contributed by atoms with Crippen LogP contribution in [-0.4, -0.2) is 80.3 Å². The number of anilines is 1. The summed E-state index contributed by atoms with van der Waals surface area (Å²) in [6.07, 6.45) is 8.11. The fourth-order valence-electron chi connectivity index (χ4n) is 5.42. The molecule has 2 N–H and O–H groups in total. The van der Waals surface area contributed by atoms with Crippen LogP contribution in [0.25, 0.3) is 0 Å². The molecular weight excluding hydrogens is 456 g/mol. The molecule has 1 aliphatic heterocycles. The van der Waals surface area contributed by atoms with E-state index in [1.807, 2.05) is 6.07 Å². The fraction of sp³-hybridized carbons (Fsp3) is 0.714. The van der Waals surface area contributed by atoms with Crippen molar-refractivity contribution >= 4 is 17.6 Å². The van der Waals surface area contributed by atoms with E-state index in [0.29, 0.717) is 30.2 Å². The Bertz CT molecular complexity index is 900. The Hall–Kier alpha value is -2.32. The van der Waals surface area contributed by atoms with E-state index in [2.05, 4.69) is 29.4 Å². The second-order valence-electron chi connectivity index (χ2n) is 11.1. The molecule has 3 aliphatic rings. The average molecular weight is 501 g/mol. The number of nitrogens with zero attached hydrogens (tertiary/aromatic N) is 2. The van der Waals surface area contributed by atoms with E-state index in [1.54, 1.807) is 31.2 Å². The van der Waals surface area contributed by atoms with Gasteiger partial charge in [0.2, 0.25) is 0 Å². The molecule has 2 fully saturated rings. The Labute approximate surface area is 216 Å². The van der Waals surface area contributed by atoms with E-state index in [-0.39, 0.29) is 36.0 Å². The van der Waals surface area contributed by atoms with Crippen LogP contribution in [0.5, 0.6) is 5.75 Å². The molecule has 0 bridgehead atoms. The monoisotopic (exact) mass is 500 g/mol. The second-order valence-corrected chi connectivity index (χ2v) is 11.1. The summed E-state index contributed by atoms with van der Waals surface area (Å²) in [5.74, 6) is 1.45. The summed E-state index contributed by atoms with van der Waals surface area (Å²) in [4.78, 5) is 30.4. The van der Waals surface area contributed by atoms with Crippen LogP contribution in [0.1, 0.15) is 69.2 Å². The van der Waals surface area contributed by atoms with Gasteiger partial charge in [0.05, 0.1) is 11.7 Å². The highest BCUT2D eigenvalue weighted by atomic mass is 16.5. The molecule has 1 aromatic rings. The first-order valence-electron chi connectivity index (χ1n) is 13.7. The Kier molecular flexibility index (Phi) is 9.12. The third kappa shape index (κ3) is 7.13. The minimum Gasteiger partial charge on any atom is -0.491 e. The van der Waals surface area contributed by atoms with Gasteiger partial charge in [0.15, 0.2) is 0 Å². The van der Waals surface area contributed by atoms with Crippen LogP contribution in [0.3, 0.4) is 0 Å². The summed E-state index contributed by atoms with van der Waals surface area (Å²) in [7, 11) is 3.53. The highest BCUT2D eigenvalue weighted by Crippen LogP contribution is 2.32. The van der Waals surface area contributed by atoms with E-state index in [1.165, 1.54) is 19.3 Å². The molecule has 0 radical (unpaired) electrons. The van der Waals surface area contributed by atoms with Crippen LogP contribution in [0.4, 0.5) is 10.5 Å². The Morgan fingerprint density at radius 3 is 2.56 bits per heavy atom. The molecule has 0 saturated heterocycles. The molecule has 200 valence electrons. The highest BCUT2D eigenvalue weighted by molar-refractivity contribution is 5.99. The molecule has 2 saturated carbocycles. The van der Waals surface area contributed by atoms with E-state index in [4.69, 9.17) is 9.47 Å². The lowest BCUT2D eigenvalue weighted by atomic mass is 9.96. The molecule has 0 aromatic heterocycles. The molecule has 1 heterocycles. The zero-order chi connectivity index (χ0) is 25.7. The van der Waals surface area contributed by atoms with Gasteiger partial charge in [-0.1, -0.05) is 26.2 Å². The molecular formula is C28H44N4O4. The predicted molar refractivity (Wildman–Crippen MR) is 142 cm³/mol. The van der Waals surface area contributed by atoms with E-state index in [9.17, 15) is 9.59 Å². The van der Waals surface area contributed by atoms with Crippen molar-refractivity contribution in [3.05, 3.63) is 23.8 Å². The number of carbonyl (C=O) groups excluding carboxylic acids is 2. The number of rotatable bonds is 5. The number of nitrogens with one attached hydrogen (secondary N) is 2. The first kappa shape index (κ1) is 26.7. The van der Waals surface area contributed by atoms with E-state index < -0.39 is 0 Å². The average Bonchev–Trinajstić information content (AvgIpc) is 3.69. The maximum atomic E-state index is 13.5. The highest BCUT2D eigenvalue weighted by Gasteiger charge is 2.31. The van der Waals surface area contributed by atoms with Crippen molar-refractivity contribution in [1.29, 1.82) is 0 Å². The number of amides is 3. The van der Waals surface area contributed by atoms with Gasteiger partial charge in [-0.3, -0.25) is 9.69 Å². The van der Waals surface area contributed by atoms with Crippen molar-refractivity contribution in [3.8, 4) is 5.75 Å². The van der Waals surface area contributed by atoms with E-state index >= 15 is 0 Å². The topological polar surface area (TPSA) is 83.1 Å². The number of hydrogen-bond acceptors (Lipinski definition) is 5. The molecule has 3 amide bonds. The lowest BCUT2D eigenvalue weighted by Gasteiger charge is -2.36. The second kappa shape index (κ2) is 12.3. The van der Waals surface area contributed by atoms with Crippen molar-refractivity contribution < 1.29 is 19.1 Å². The summed E-state index contributed by atoms with van der Waals surface area (Å²) in [6, 6.07) is 5.55. The molecule has 8 heteroatoms. The van der Waals surface area contributed by atoms with Gasteiger partial charge >= 0.3 is 6.03 Å². The number of likely N-dealkylation sites (N-methyl/N-ethyl adjacent to an activating group) is 1. The summed E-state index contributed by atoms with van der Waals surface area (Å²) >= 11 is 0. The van der Waals surface area contributed by atoms with Crippen LogP contribution < -0.4 is 15.4 Å². The molecule has 1 aromatic carbocycles. The first-order chi connectivity index (χ1) is 17.3. The molecule has 36 heavy (non-hydrogen) atoms. The van der Waals surface area contributed by atoms with Gasteiger partial charge in [-0.15, -0.1) is 0 Å². The van der Waals surface area contributed by atoms with Gasteiger partial charge in [-0.2, -0.15) is 0 Å². The quantitative estimate of drug-likeness (QED) is 0.628. The predicted octanol–water partition coefficient (Wildman–Crippen LogP) is 4.36. The largest absolute Gasteiger partial charge is 0.491 e. The fourth-order valence-corrected chi connectivity index (χ4v) is 5.42. The standard InChI is InChI=1S/C28H44N4O4/c1-19-15-32(16-21-10-11-21)20(2)18-36-25-13-12-23(30-28(34)29-22-8-6-5-7-9-22)14-24(25)27(33)31(3)17-26(19)35-4/h12-14,19-22,26H,5-11,15-18H2,1-4H3,(H2,29,30,34)/t19-,20+,26+/m0/s1. The molecule has 0 spiro atoms. The number of hydrogen-bond donors (Lipinski definition) is 2. The normalized spacial score (nSPS) is 26.8. The molecule has 0 unspecified atom stereocenters. The SMILES string of the molecule is CO[C@@H]1CN(C)C(=O)c2cc(NC(=O)NC3CCCCC3)ccc2OC[C@@H](C)N(CC2CC2)C[C@@H]1C. The lowest BCUT2D eigenvalue weighted by molar-refractivity contribution is 0.00994. The van der Waals surface area contributed by atoms with Crippen molar-refractivity contribution in [2.45, 2.75) is 77.0 Å². The molecule has 4 rings (SSSR count). The van der Waals surface area contributed by atoms with Gasteiger partial charge < -0.3 is 25.0 Å². The van der Waals surface area contributed by atoms with Crippen molar-refractivity contribution in [2.24, 2.45) is 11.8 Å². The summed E-state index contributed by atoms with van der Waals surface area (Å²) in [5, 5.41) is 6.00. The number of methoxy groups -OCH3 is 1. The molecule has 8 nitrogen and oxygen atoms in total. The summed E-state index contributed by atoms with van der Waals surface area (Å²) in [5.41, 5.74) is 1.04. The minimum absolute atomic E-state index is 0.0702. The van der Waals surface area contributed by atoms with Crippen LogP contribution >= 0.6 is 0 Å². The van der Waals surface area contributed by atoms with Crippen LogP contribution in [0.2, 0.25) is 0 Å². The zero-order valence-corrected chi connectivity index (χ0v) is 22.4. The number of benzene rings is 1. The first-order valence-corrected chi connectivity index (χ1v) is 13.7. The Morgan fingerprint density at radius 1 is 1.11 bits per heavy atom. The minimum atomic E-state index is -0.227. The zero-order valence-electron chi connectivity index (χ0n) is 22.4. The van der Waals surface area contributed by atoms with Gasteiger partial charge in [0, 0.05) is 51.6 Å². The van der Waals surface area contributed by atoms with Crippen LogP contribution in [-0.2, 0) is 4.74 Å². The number of fused-ring (bicyclic) bond motifs is 1. The third-order valence-electron chi connectivity index (χ3n) is 7.96. The third-order valence-corrected chi connectivity index (χ3v) is 7.96. The number of urea groups is 1. The lowest BCUT2D eigenvalue weighted by Crippen LogP contribution is -2.47. The number of ether oxygens (including phenoxy) is 2. The molecule has 3 atom stereocenters.